The molecule has 0 saturated carbocycles. The van der Waals surface area contributed by atoms with E-state index < -0.39 is 0 Å². The van der Waals surface area contributed by atoms with Crippen LogP contribution < -0.4 is 0 Å². The molecule has 0 fully saturated rings. The first-order chi connectivity index (χ1) is 6.11. The van der Waals surface area contributed by atoms with Crippen LogP contribution in [0.2, 0.25) is 0 Å². The first-order valence-corrected chi connectivity index (χ1v) is 11.8. The summed E-state index contributed by atoms with van der Waals surface area (Å²) in [7, 11) is 0. The van der Waals surface area contributed by atoms with Crippen molar-refractivity contribution in [2.75, 3.05) is 0 Å². The maximum atomic E-state index is 4.04. The Morgan fingerprint density at radius 2 is 2.23 bits per heavy atom. The second kappa shape index (κ2) is 6.35. The number of hydrogen-bond acceptors (Lipinski definition) is 0. The minimum atomic E-state index is 0.387. The molecule has 1 rings (SSSR count). The molecule has 0 unspecified atom stereocenters. The van der Waals surface area contributed by atoms with Crippen molar-refractivity contribution in [2.45, 2.75) is 40.0 Å². The van der Waals surface area contributed by atoms with Crippen LogP contribution in [0.5, 0.6) is 0 Å². The van der Waals surface area contributed by atoms with Crippen molar-refractivity contribution in [1.29, 1.82) is 0 Å². The Labute approximate surface area is 99.6 Å². The number of rotatable bonds is 1. The predicted octanol–water partition coefficient (Wildman–Crippen LogP) is 4.44. The molecule has 2 heteroatoms. The van der Waals surface area contributed by atoms with Gasteiger partial charge in [0, 0.05) is 0 Å². The molecule has 0 amide bonds. The molecule has 0 aromatic carbocycles. The van der Waals surface area contributed by atoms with E-state index >= 15 is 0 Å². The fourth-order valence-corrected chi connectivity index (χ4v) is 1.93. The van der Waals surface area contributed by atoms with Gasteiger partial charge in [-0.05, 0) is 31.1 Å². The number of halogens is 1. The maximum absolute atomic E-state index is 4.04. The standard InChI is InChI=1S/C11H19.BrH.Zn/c1-5-11(4)9(2)7-6-8-10(11)3;;/h7,10H,1,5-6,8H2,2-4H3;1H;/q-1;;+2/p-1/t10-,11-;;/m0../s1. The zero-order valence-corrected chi connectivity index (χ0v) is 13.6. The van der Waals surface area contributed by atoms with Gasteiger partial charge in [-0.25, -0.2) is 0 Å². The zero-order valence-electron chi connectivity index (χ0n) is 9.07. The van der Waals surface area contributed by atoms with Gasteiger partial charge in [-0.3, -0.25) is 0 Å². The molecule has 0 aromatic rings. The van der Waals surface area contributed by atoms with Crippen LogP contribution in [0.4, 0.5) is 0 Å². The first kappa shape index (κ1) is 13.8. The zero-order chi connectivity index (χ0) is 10.5. The summed E-state index contributed by atoms with van der Waals surface area (Å²) in [5.41, 5.74) is 1.93. The summed E-state index contributed by atoms with van der Waals surface area (Å²) in [4.78, 5) is 0. The van der Waals surface area contributed by atoms with Crippen LogP contribution >= 0.6 is 13.6 Å². The normalized spacial score (nSPS) is 33.2. The molecule has 0 aromatic heterocycles. The molecule has 0 nitrogen and oxygen atoms in total. The van der Waals surface area contributed by atoms with Crippen molar-refractivity contribution < 1.29 is 16.3 Å². The van der Waals surface area contributed by atoms with Crippen LogP contribution in [-0.2, 0) is 16.3 Å². The van der Waals surface area contributed by atoms with Gasteiger partial charge in [-0.2, -0.15) is 6.42 Å². The van der Waals surface area contributed by atoms with Gasteiger partial charge in [0.05, 0.1) is 0 Å². The van der Waals surface area contributed by atoms with E-state index in [-0.39, 0.29) is 0 Å². The van der Waals surface area contributed by atoms with Gasteiger partial charge in [0.25, 0.3) is 0 Å². The average molecular weight is 297 g/mol. The van der Waals surface area contributed by atoms with E-state index in [2.05, 4.69) is 47.4 Å². The Balaban J connectivity index is 0.000000671. The van der Waals surface area contributed by atoms with Crippen LogP contribution in [0.25, 0.3) is 0 Å². The van der Waals surface area contributed by atoms with E-state index in [1.807, 2.05) is 0 Å². The summed E-state index contributed by atoms with van der Waals surface area (Å²) < 4.78 is 0. The molecule has 0 radical (unpaired) electrons. The topological polar surface area (TPSA) is 0 Å². The monoisotopic (exact) mass is 294 g/mol. The molecule has 1 aliphatic carbocycles. The third-order valence-corrected chi connectivity index (χ3v) is 3.56. The summed E-state index contributed by atoms with van der Waals surface area (Å²) in [5, 5.41) is 0. The van der Waals surface area contributed by atoms with E-state index in [9.17, 15) is 0 Å². The Bertz CT molecular complexity index is 177. The van der Waals surface area contributed by atoms with E-state index in [0.29, 0.717) is 5.41 Å². The second-order valence-corrected chi connectivity index (χ2v) is 4.03. The molecular weight excluding hydrogens is 277 g/mol. The fourth-order valence-electron chi connectivity index (χ4n) is 1.93. The Kier molecular flexibility index (Phi) is 6.76. The van der Waals surface area contributed by atoms with E-state index in [1.54, 1.807) is 5.57 Å². The molecule has 0 aliphatic heterocycles. The molecule has 0 bridgehead atoms. The van der Waals surface area contributed by atoms with Crippen molar-refractivity contribution in [3.63, 3.8) is 0 Å². The van der Waals surface area contributed by atoms with Crippen molar-refractivity contribution in [2.24, 2.45) is 11.3 Å². The van der Waals surface area contributed by atoms with Gasteiger partial charge in [0.1, 0.15) is 0 Å². The predicted molar refractivity (Wildman–Crippen MR) is 59.2 cm³/mol. The van der Waals surface area contributed by atoms with Crippen molar-refractivity contribution in [1.82, 2.24) is 0 Å². The third kappa shape index (κ3) is 3.16. The van der Waals surface area contributed by atoms with Crippen molar-refractivity contribution in [3.05, 3.63) is 18.6 Å². The summed E-state index contributed by atoms with van der Waals surface area (Å²) in [6.45, 7) is 11.0. The van der Waals surface area contributed by atoms with E-state index in [0.717, 1.165) is 12.3 Å². The third-order valence-electron chi connectivity index (χ3n) is 3.56. The molecule has 0 spiro atoms. The molecule has 0 saturated heterocycles. The Morgan fingerprint density at radius 1 is 1.69 bits per heavy atom. The Hall–Kier alpha value is 0.843. The number of hydrogen-bond donors (Lipinski definition) is 0. The van der Waals surface area contributed by atoms with Gasteiger partial charge >= 0.3 is 30.0 Å². The quantitative estimate of drug-likeness (QED) is 0.381. The van der Waals surface area contributed by atoms with Crippen LogP contribution in [0.3, 0.4) is 0 Å². The van der Waals surface area contributed by atoms with Crippen LogP contribution in [0.15, 0.2) is 11.6 Å². The van der Waals surface area contributed by atoms with Crippen molar-refractivity contribution in [3.8, 4) is 0 Å². The van der Waals surface area contributed by atoms with E-state index in [4.69, 9.17) is 0 Å². The van der Waals surface area contributed by atoms with Crippen LogP contribution in [0.1, 0.15) is 40.0 Å². The number of allylic oxidation sites excluding steroid dienone is 2. The van der Waals surface area contributed by atoms with E-state index in [1.165, 1.54) is 29.2 Å². The van der Waals surface area contributed by atoms with Crippen LogP contribution in [-0.4, -0.2) is 0 Å². The molecule has 72 valence electrons. The molecule has 0 heterocycles. The molecule has 0 N–H and O–H groups in total. The average Bonchev–Trinajstić information content (AvgIpc) is 2.17. The first-order valence-electron chi connectivity index (χ1n) is 4.84. The summed E-state index contributed by atoms with van der Waals surface area (Å²) in [5.74, 6) is 0.810. The van der Waals surface area contributed by atoms with Crippen molar-refractivity contribution >= 4 is 13.6 Å². The second-order valence-electron chi connectivity index (χ2n) is 4.03. The SMILES string of the molecule is [CH2-]C[C@@]1(C)C(C)=CCC[C@@H]1C.[Zn+][Br]. The fraction of sp³-hybridized carbons (Fsp3) is 0.727. The molecule has 13 heavy (non-hydrogen) atoms. The van der Waals surface area contributed by atoms with Gasteiger partial charge in [-0.1, -0.05) is 25.5 Å². The molecule has 2 atom stereocenters. The van der Waals surface area contributed by atoms with Gasteiger partial charge in [0.15, 0.2) is 0 Å². The van der Waals surface area contributed by atoms with Gasteiger partial charge in [-0.15, -0.1) is 0 Å². The minimum absolute atomic E-state index is 0.387. The summed E-state index contributed by atoms with van der Waals surface area (Å²) in [6.07, 6.45) is 6.02. The Morgan fingerprint density at radius 3 is 2.54 bits per heavy atom. The summed E-state index contributed by atoms with van der Waals surface area (Å²) in [6, 6.07) is 0. The summed E-state index contributed by atoms with van der Waals surface area (Å²) >= 11 is 4.25. The molecular formula is C11H19BrZn. The molecule has 1 aliphatic rings. The van der Waals surface area contributed by atoms with Crippen LogP contribution in [0, 0.1) is 18.3 Å². The van der Waals surface area contributed by atoms with Gasteiger partial charge < -0.3 is 6.92 Å². The van der Waals surface area contributed by atoms with Gasteiger partial charge in [0.2, 0.25) is 0 Å².